The minimum atomic E-state index is -1.04. The quantitative estimate of drug-likeness (QED) is 0.876. The van der Waals surface area contributed by atoms with Crippen molar-refractivity contribution in [3.63, 3.8) is 0 Å². The molecule has 2 rings (SSSR count). The van der Waals surface area contributed by atoms with Gasteiger partial charge < -0.3 is 10.4 Å². The molecular weight excluding hydrogens is 308 g/mol. The van der Waals surface area contributed by atoms with E-state index in [9.17, 15) is 9.59 Å². The molecule has 1 heterocycles. The Morgan fingerprint density at radius 1 is 1.25 bits per heavy atom. The largest absolute Gasteiger partial charge is 0.480 e. The van der Waals surface area contributed by atoms with E-state index in [4.69, 9.17) is 5.11 Å². The predicted molar refractivity (Wildman–Crippen MR) is 88.5 cm³/mol. The van der Waals surface area contributed by atoms with Gasteiger partial charge >= 0.3 is 5.97 Å². The molecule has 0 aliphatic rings. The van der Waals surface area contributed by atoms with E-state index >= 15 is 0 Å². The smallest absolute Gasteiger partial charge is 0.325 e. The second-order valence-corrected chi connectivity index (χ2v) is 6.88. The molecule has 128 valence electrons. The van der Waals surface area contributed by atoms with E-state index < -0.39 is 5.97 Å². The van der Waals surface area contributed by atoms with Crippen LogP contribution in [0.15, 0.2) is 30.5 Å². The van der Waals surface area contributed by atoms with Crippen molar-refractivity contribution in [2.24, 2.45) is 5.41 Å². The fraction of sp³-hybridized carbons (Fsp3) is 0.412. The number of rotatable bonds is 5. The second-order valence-electron chi connectivity index (χ2n) is 6.88. The minimum Gasteiger partial charge on any atom is -0.480 e. The van der Waals surface area contributed by atoms with Crippen molar-refractivity contribution in [2.45, 2.75) is 40.3 Å². The summed E-state index contributed by atoms with van der Waals surface area (Å²) >= 11 is 0. The molecule has 24 heavy (non-hydrogen) atoms. The van der Waals surface area contributed by atoms with E-state index in [0.29, 0.717) is 0 Å². The number of amides is 1. The molecule has 0 aliphatic heterocycles. The number of hydrogen-bond donors (Lipinski definition) is 2. The average molecular weight is 330 g/mol. The van der Waals surface area contributed by atoms with Crippen molar-refractivity contribution in [1.82, 2.24) is 20.3 Å². The number of benzene rings is 1. The van der Waals surface area contributed by atoms with Crippen LogP contribution in [0.3, 0.4) is 0 Å². The number of hydrogen-bond acceptors (Lipinski definition) is 4. The molecule has 0 saturated heterocycles. The van der Waals surface area contributed by atoms with Gasteiger partial charge in [-0.2, -0.15) is 0 Å². The summed E-state index contributed by atoms with van der Waals surface area (Å²) in [5.74, 6) is -1.42. The fourth-order valence-corrected chi connectivity index (χ4v) is 2.38. The number of carboxylic acids is 1. The van der Waals surface area contributed by atoms with E-state index in [0.717, 1.165) is 15.8 Å². The first-order chi connectivity index (χ1) is 11.2. The molecule has 7 heteroatoms. The third kappa shape index (κ3) is 4.41. The molecule has 0 spiro atoms. The molecule has 7 nitrogen and oxygen atoms in total. The van der Waals surface area contributed by atoms with Crippen molar-refractivity contribution >= 4 is 11.9 Å². The molecule has 0 aliphatic carbocycles. The molecule has 1 unspecified atom stereocenters. The van der Waals surface area contributed by atoms with Gasteiger partial charge in [-0.1, -0.05) is 55.8 Å². The van der Waals surface area contributed by atoms with Gasteiger partial charge in [0.05, 0.1) is 12.2 Å². The van der Waals surface area contributed by atoms with Gasteiger partial charge in [-0.15, -0.1) is 5.10 Å². The van der Waals surface area contributed by atoms with E-state index in [1.807, 2.05) is 52.0 Å². The number of carboxylic acid groups (broad SMARTS) is 1. The maximum atomic E-state index is 12.5. The molecule has 2 aromatic rings. The lowest BCUT2D eigenvalue weighted by Crippen LogP contribution is -2.36. The Kier molecular flexibility index (Phi) is 5.02. The summed E-state index contributed by atoms with van der Waals surface area (Å²) in [7, 11) is 0. The highest BCUT2D eigenvalue weighted by molar-refractivity contribution is 5.92. The number of carbonyl (C=O) groups is 2. The lowest BCUT2D eigenvalue weighted by atomic mass is 9.82. The van der Waals surface area contributed by atoms with Gasteiger partial charge in [0.2, 0.25) is 0 Å². The zero-order valence-electron chi connectivity index (χ0n) is 14.3. The Bertz CT molecular complexity index is 729. The van der Waals surface area contributed by atoms with Gasteiger partial charge in [0.1, 0.15) is 6.54 Å². The van der Waals surface area contributed by atoms with E-state index in [1.54, 1.807) is 0 Å². The standard InChI is InChI=1S/C17H22N4O3/c1-11-5-7-12(8-6-11)15(17(2,3)4)18-16(24)13-9-21(20-19-13)10-14(22)23/h5-9,15H,10H2,1-4H3,(H,18,24)(H,22,23). The van der Waals surface area contributed by atoms with Crippen LogP contribution in [-0.4, -0.2) is 32.0 Å². The number of aliphatic carboxylic acids is 1. The summed E-state index contributed by atoms with van der Waals surface area (Å²) in [6, 6.07) is 7.78. The first kappa shape index (κ1) is 17.7. The van der Waals surface area contributed by atoms with Crippen molar-refractivity contribution in [3.05, 3.63) is 47.3 Å². The molecule has 2 N–H and O–H groups in total. The van der Waals surface area contributed by atoms with Crippen LogP contribution in [0.1, 0.15) is 48.4 Å². The van der Waals surface area contributed by atoms with E-state index in [2.05, 4.69) is 15.6 Å². The van der Waals surface area contributed by atoms with Crippen LogP contribution >= 0.6 is 0 Å². The molecule has 0 saturated carbocycles. The lowest BCUT2D eigenvalue weighted by molar-refractivity contribution is -0.137. The van der Waals surface area contributed by atoms with Crippen LogP contribution in [0, 0.1) is 12.3 Å². The van der Waals surface area contributed by atoms with Crippen LogP contribution in [0.4, 0.5) is 0 Å². The van der Waals surface area contributed by atoms with Crippen LogP contribution in [0.25, 0.3) is 0 Å². The van der Waals surface area contributed by atoms with Crippen LogP contribution in [0.5, 0.6) is 0 Å². The fourth-order valence-electron chi connectivity index (χ4n) is 2.38. The summed E-state index contributed by atoms with van der Waals surface area (Å²) in [5.41, 5.74) is 2.04. The maximum Gasteiger partial charge on any atom is 0.325 e. The summed E-state index contributed by atoms with van der Waals surface area (Å²) < 4.78 is 1.12. The number of nitrogens with zero attached hydrogens (tertiary/aromatic N) is 3. The van der Waals surface area contributed by atoms with Crippen LogP contribution < -0.4 is 5.32 Å². The monoisotopic (exact) mass is 330 g/mol. The molecule has 0 radical (unpaired) electrons. The van der Waals surface area contributed by atoms with Crippen LogP contribution in [0.2, 0.25) is 0 Å². The normalized spacial score (nSPS) is 12.7. The third-order valence-electron chi connectivity index (χ3n) is 3.62. The highest BCUT2D eigenvalue weighted by Gasteiger charge is 2.29. The molecule has 1 aromatic carbocycles. The topological polar surface area (TPSA) is 97.1 Å². The SMILES string of the molecule is Cc1ccc(C(NC(=O)c2cn(CC(=O)O)nn2)C(C)(C)C)cc1. The van der Waals surface area contributed by atoms with Crippen LogP contribution in [-0.2, 0) is 11.3 Å². The highest BCUT2D eigenvalue weighted by Crippen LogP contribution is 2.33. The zero-order chi connectivity index (χ0) is 17.9. The molecule has 1 atom stereocenters. The Hall–Kier alpha value is -2.70. The van der Waals surface area contributed by atoms with E-state index in [-0.39, 0.29) is 29.6 Å². The summed E-state index contributed by atoms with van der Waals surface area (Å²) in [4.78, 5) is 23.1. The summed E-state index contributed by atoms with van der Waals surface area (Å²) in [6.45, 7) is 7.80. The third-order valence-corrected chi connectivity index (χ3v) is 3.62. The first-order valence-corrected chi connectivity index (χ1v) is 7.66. The van der Waals surface area contributed by atoms with Crippen molar-refractivity contribution in [3.8, 4) is 0 Å². The van der Waals surface area contributed by atoms with Gasteiger partial charge in [-0.3, -0.25) is 9.59 Å². The van der Waals surface area contributed by atoms with Crippen molar-refractivity contribution in [2.75, 3.05) is 0 Å². The molecule has 1 aromatic heterocycles. The predicted octanol–water partition coefficient (Wildman–Crippen LogP) is 2.19. The number of aromatic nitrogens is 3. The first-order valence-electron chi connectivity index (χ1n) is 7.66. The second kappa shape index (κ2) is 6.82. The molecule has 0 bridgehead atoms. The molecule has 1 amide bonds. The van der Waals surface area contributed by atoms with Crippen molar-refractivity contribution < 1.29 is 14.7 Å². The lowest BCUT2D eigenvalue weighted by Gasteiger charge is -2.31. The van der Waals surface area contributed by atoms with Gasteiger partial charge in [0.15, 0.2) is 5.69 Å². The van der Waals surface area contributed by atoms with Gasteiger partial charge in [-0.05, 0) is 17.9 Å². The summed E-state index contributed by atoms with van der Waals surface area (Å²) in [5, 5.41) is 19.1. The zero-order valence-corrected chi connectivity index (χ0v) is 14.3. The number of carbonyl (C=O) groups excluding carboxylic acids is 1. The maximum absolute atomic E-state index is 12.5. The van der Waals surface area contributed by atoms with Gasteiger partial charge in [0, 0.05) is 0 Å². The Labute approximate surface area is 140 Å². The molecular formula is C17H22N4O3. The Morgan fingerprint density at radius 2 is 1.88 bits per heavy atom. The summed E-state index contributed by atoms with van der Waals surface area (Å²) in [6.07, 6.45) is 1.33. The number of aryl methyl sites for hydroxylation is 1. The average Bonchev–Trinajstić information content (AvgIpc) is 2.92. The van der Waals surface area contributed by atoms with Gasteiger partial charge in [-0.25, -0.2) is 4.68 Å². The van der Waals surface area contributed by atoms with Crippen molar-refractivity contribution in [1.29, 1.82) is 0 Å². The van der Waals surface area contributed by atoms with E-state index in [1.165, 1.54) is 6.20 Å². The molecule has 0 fully saturated rings. The minimum absolute atomic E-state index is 0.0950. The Morgan fingerprint density at radius 3 is 2.42 bits per heavy atom. The van der Waals surface area contributed by atoms with Gasteiger partial charge in [0.25, 0.3) is 5.91 Å². The highest BCUT2D eigenvalue weighted by atomic mass is 16.4. The number of nitrogens with one attached hydrogen (secondary N) is 1. The Balaban J connectivity index is 2.20.